The molecule has 3 aliphatic heterocycles. The predicted octanol–water partition coefficient (Wildman–Crippen LogP) is 3.88. The number of carbonyl (C=O) groups is 4. The van der Waals surface area contributed by atoms with Crippen molar-refractivity contribution in [2.24, 2.45) is 5.92 Å². The number of hydrogen-bond donors (Lipinski definition) is 3. The Balaban J connectivity index is 0.920. The predicted molar refractivity (Wildman–Crippen MR) is 167 cm³/mol. The van der Waals surface area contributed by atoms with Crippen molar-refractivity contribution in [1.29, 1.82) is 0 Å². The van der Waals surface area contributed by atoms with Gasteiger partial charge in [0.2, 0.25) is 11.8 Å². The van der Waals surface area contributed by atoms with Gasteiger partial charge in [0.05, 0.1) is 52.8 Å². The summed E-state index contributed by atoms with van der Waals surface area (Å²) in [6, 6.07) is 7.09. The molecule has 3 N–H and O–H groups in total. The van der Waals surface area contributed by atoms with Crippen LogP contribution in [0.25, 0.3) is 11.3 Å². The zero-order valence-corrected chi connectivity index (χ0v) is 25.4. The van der Waals surface area contributed by atoms with E-state index in [1.165, 1.54) is 18.5 Å². The lowest BCUT2D eigenvalue weighted by atomic mass is 9.80. The summed E-state index contributed by atoms with van der Waals surface area (Å²) in [4.78, 5) is 58.2. The van der Waals surface area contributed by atoms with E-state index in [0.29, 0.717) is 23.9 Å². The zero-order valence-electron chi connectivity index (χ0n) is 25.4. The number of aromatic nitrogens is 3. The molecule has 0 spiro atoms. The van der Waals surface area contributed by atoms with Gasteiger partial charge in [-0.2, -0.15) is 5.10 Å². The first-order chi connectivity index (χ1) is 21.7. The molecule has 1 aromatic carbocycles. The first-order valence-electron chi connectivity index (χ1n) is 15.9. The Morgan fingerprint density at radius 2 is 1.80 bits per heavy atom. The number of nitrogens with zero attached hydrogens (tertiary/aromatic N) is 5. The van der Waals surface area contributed by atoms with Crippen LogP contribution in [0.5, 0.6) is 0 Å². The first kappa shape index (κ1) is 27.8. The second-order valence-electron chi connectivity index (χ2n) is 13.2. The third-order valence-electron chi connectivity index (χ3n) is 9.87. The quantitative estimate of drug-likeness (QED) is 0.325. The standard InChI is InChI=1S/C33H36N8O4/c1-17(2)39-16-36-26-14-35-25(12-28(26)39)24-15-40(38-30(24)19-3-4-19)21-9-18(10-21)13-34-20-5-6-22-23(11-20)33(45)41(32(22)44)27-7-8-29(42)37-31(27)43/h5-6,11-12,14-15,17-19,21,27,34,36H,3-4,7-10,13,16H2,1-2H3,(H,37,42,43). The number of hydrogen-bond acceptors (Lipinski definition) is 9. The number of benzene rings is 1. The highest BCUT2D eigenvalue weighted by atomic mass is 16.2. The normalized spacial score (nSPS) is 24.0. The Hall–Kier alpha value is -4.74. The molecule has 8 rings (SSSR count). The average molecular weight is 609 g/mol. The summed E-state index contributed by atoms with van der Waals surface area (Å²) in [7, 11) is 0. The van der Waals surface area contributed by atoms with E-state index in [1.54, 1.807) is 18.2 Å². The van der Waals surface area contributed by atoms with Gasteiger partial charge >= 0.3 is 0 Å². The molecule has 2 aromatic heterocycles. The van der Waals surface area contributed by atoms with Crippen molar-refractivity contribution < 1.29 is 19.2 Å². The molecule has 1 atom stereocenters. The molecule has 2 aliphatic carbocycles. The van der Waals surface area contributed by atoms with Crippen molar-refractivity contribution in [2.45, 2.75) is 76.4 Å². The van der Waals surface area contributed by atoms with Crippen molar-refractivity contribution in [3.63, 3.8) is 0 Å². The highest BCUT2D eigenvalue weighted by molar-refractivity contribution is 6.23. The van der Waals surface area contributed by atoms with Crippen molar-refractivity contribution in [3.8, 4) is 11.3 Å². The van der Waals surface area contributed by atoms with Crippen LogP contribution in [0.1, 0.15) is 90.7 Å². The van der Waals surface area contributed by atoms with E-state index in [-0.39, 0.29) is 29.9 Å². The fourth-order valence-corrected chi connectivity index (χ4v) is 7.06. The number of fused-ring (bicyclic) bond motifs is 2. The molecule has 12 heteroatoms. The number of anilines is 3. The van der Waals surface area contributed by atoms with E-state index < -0.39 is 23.8 Å². The molecular weight excluding hydrogens is 572 g/mol. The van der Waals surface area contributed by atoms with Gasteiger partial charge in [-0.15, -0.1) is 0 Å². The summed E-state index contributed by atoms with van der Waals surface area (Å²) >= 11 is 0. The van der Waals surface area contributed by atoms with E-state index in [2.05, 4.69) is 51.6 Å². The Kier molecular flexibility index (Phi) is 6.43. The zero-order chi connectivity index (χ0) is 31.0. The summed E-state index contributed by atoms with van der Waals surface area (Å²) < 4.78 is 2.15. The van der Waals surface area contributed by atoms with Crippen molar-refractivity contribution in [2.75, 3.05) is 28.7 Å². The van der Waals surface area contributed by atoms with Gasteiger partial charge in [-0.05, 0) is 76.1 Å². The molecule has 0 bridgehead atoms. The minimum absolute atomic E-state index is 0.0976. The van der Waals surface area contributed by atoms with E-state index in [4.69, 9.17) is 10.1 Å². The average Bonchev–Trinajstić information content (AvgIpc) is 3.52. The summed E-state index contributed by atoms with van der Waals surface area (Å²) in [5, 5.41) is 14.2. The first-order valence-corrected chi connectivity index (χ1v) is 15.9. The number of nitrogens with one attached hydrogen (secondary N) is 3. The molecule has 1 saturated heterocycles. The highest BCUT2D eigenvalue weighted by Crippen LogP contribution is 2.46. The Bertz CT molecular complexity index is 1750. The van der Waals surface area contributed by atoms with Crippen LogP contribution in [0.4, 0.5) is 17.1 Å². The van der Waals surface area contributed by atoms with Crippen LogP contribution in [0.3, 0.4) is 0 Å². The number of imide groups is 2. The summed E-state index contributed by atoms with van der Waals surface area (Å²) in [5.74, 6) is -1.03. The van der Waals surface area contributed by atoms with E-state index in [0.717, 1.165) is 59.3 Å². The molecular formula is C33H36N8O4. The fraction of sp³-hybridized carbons (Fsp3) is 0.455. The van der Waals surface area contributed by atoms with Gasteiger partial charge in [0.25, 0.3) is 11.8 Å². The fourth-order valence-electron chi connectivity index (χ4n) is 7.06. The number of carbonyl (C=O) groups excluding carboxylic acids is 4. The summed E-state index contributed by atoms with van der Waals surface area (Å²) in [6.07, 6.45) is 8.70. The SMILES string of the molecule is CC(C)N1CNc2cnc(-c3cn(C4CC(CNc5ccc6c(c5)C(=O)N(C5CCC(=O)NC5=O)C6=O)C4)nc3C3CC3)cc21. The van der Waals surface area contributed by atoms with Gasteiger partial charge in [0, 0.05) is 42.4 Å². The van der Waals surface area contributed by atoms with Crippen molar-refractivity contribution in [3.05, 3.63) is 53.5 Å². The van der Waals surface area contributed by atoms with Gasteiger partial charge in [-0.3, -0.25) is 39.1 Å². The molecule has 1 unspecified atom stereocenters. The Morgan fingerprint density at radius 3 is 2.56 bits per heavy atom. The van der Waals surface area contributed by atoms with E-state index in [9.17, 15) is 19.2 Å². The number of amides is 4. The lowest BCUT2D eigenvalue weighted by Gasteiger charge is -2.35. The molecule has 3 aromatic rings. The van der Waals surface area contributed by atoms with Gasteiger partial charge in [-0.25, -0.2) is 0 Å². The Labute approximate surface area is 260 Å². The van der Waals surface area contributed by atoms with Crippen LogP contribution in [0, 0.1) is 5.92 Å². The molecule has 12 nitrogen and oxygen atoms in total. The summed E-state index contributed by atoms with van der Waals surface area (Å²) in [5.41, 5.74) is 6.88. The maximum absolute atomic E-state index is 13.2. The smallest absolute Gasteiger partial charge is 0.262 e. The van der Waals surface area contributed by atoms with E-state index in [1.807, 2.05) is 6.20 Å². The maximum atomic E-state index is 13.2. The second kappa shape index (κ2) is 10.4. The highest BCUT2D eigenvalue weighted by Gasteiger charge is 2.45. The molecule has 5 heterocycles. The lowest BCUT2D eigenvalue weighted by Crippen LogP contribution is -2.54. The van der Waals surface area contributed by atoms with Crippen LogP contribution in [-0.2, 0) is 9.59 Å². The Morgan fingerprint density at radius 1 is 1.00 bits per heavy atom. The molecule has 0 radical (unpaired) electrons. The van der Waals surface area contributed by atoms with Crippen LogP contribution < -0.4 is 20.9 Å². The molecule has 4 amide bonds. The van der Waals surface area contributed by atoms with E-state index >= 15 is 0 Å². The largest absolute Gasteiger partial charge is 0.385 e. The number of pyridine rings is 1. The monoisotopic (exact) mass is 608 g/mol. The minimum atomic E-state index is -0.966. The van der Waals surface area contributed by atoms with Gasteiger partial charge in [0.1, 0.15) is 6.04 Å². The van der Waals surface area contributed by atoms with Crippen molar-refractivity contribution in [1.82, 2.24) is 25.0 Å². The van der Waals surface area contributed by atoms with Crippen molar-refractivity contribution >= 4 is 40.7 Å². The molecule has 5 aliphatic rings. The van der Waals surface area contributed by atoms with Gasteiger partial charge < -0.3 is 15.5 Å². The van der Waals surface area contributed by atoms with Crippen LogP contribution in [0.15, 0.2) is 36.7 Å². The second-order valence-corrected chi connectivity index (χ2v) is 13.2. The third-order valence-corrected chi connectivity index (χ3v) is 9.87. The van der Waals surface area contributed by atoms with Crippen LogP contribution in [0.2, 0.25) is 0 Å². The topological polar surface area (TPSA) is 142 Å². The maximum Gasteiger partial charge on any atom is 0.262 e. The minimum Gasteiger partial charge on any atom is -0.385 e. The van der Waals surface area contributed by atoms with Crippen LogP contribution >= 0.6 is 0 Å². The van der Waals surface area contributed by atoms with Gasteiger partial charge in [0.15, 0.2) is 0 Å². The van der Waals surface area contributed by atoms with Gasteiger partial charge in [-0.1, -0.05) is 0 Å². The summed E-state index contributed by atoms with van der Waals surface area (Å²) in [6.45, 7) is 5.94. The molecule has 232 valence electrons. The lowest BCUT2D eigenvalue weighted by molar-refractivity contribution is -0.136. The molecule has 2 saturated carbocycles. The molecule has 45 heavy (non-hydrogen) atoms. The van der Waals surface area contributed by atoms with Crippen LogP contribution in [-0.4, -0.2) is 68.6 Å². The number of rotatable bonds is 8. The molecule has 3 fully saturated rings. The number of piperidine rings is 1. The third kappa shape index (κ3) is 4.74.